The van der Waals surface area contributed by atoms with Gasteiger partial charge in [0.1, 0.15) is 0 Å². The molecule has 3 aromatic rings. The van der Waals surface area contributed by atoms with E-state index in [-0.39, 0.29) is 12.0 Å². The standard InChI is InChI=1S/C14H13N5OS/c1-20-13-16-12(19-15)17-14(18-13)21-11-7-6-9-4-2-3-5-10(9)8-11/h2-8H,15H2,1H3,(H,16,17,18,19). The number of hydrogen-bond acceptors (Lipinski definition) is 7. The van der Waals surface area contributed by atoms with Crippen LogP contribution in [0.1, 0.15) is 0 Å². The lowest BCUT2D eigenvalue weighted by Gasteiger charge is -2.06. The molecule has 0 amide bonds. The molecule has 0 unspecified atom stereocenters. The van der Waals surface area contributed by atoms with Gasteiger partial charge in [-0.05, 0) is 34.7 Å². The van der Waals surface area contributed by atoms with E-state index in [9.17, 15) is 0 Å². The highest BCUT2D eigenvalue weighted by Crippen LogP contribution is 2.29. The Labute approximate surface area is 125 Å². The molecule has 0 aliphatic carbocycles. The maximum Gasteiger partial charge on any atom is 0.322 e. The Bertz CT molecular complexity index is 758. The Hall–Kier alpha value is -2.38. The van der Waals surface area contributed by atoms with Gasteiger partial charge in [-0.15, -0.1) is 0 Å². The average Bonchev–Trinajstić information content (AvgIpc) is 2.54. The lowest BCUT2D eigenvalue weighted by molar-refractivity contribution is 0.373. The number of benzene rings is 2. The lowest BCUT2D eigenvalue weighted by atomic mass is 10.1. The molecule has 3 rings (SSSR count). The van der Waals surface area contributed by atoms with E-state index in [1.54, 1.807) is 0 Å². The summed E-state index contributed by atoms with van der Waals surface area (Å²) in [6.45, 7) is 0. The van der Waals surface area contributed by atoms with Crippen LogP contribution in [0.2, 0.25) is 0 Å². The lowest BCUT2D eigenvalue weighted by Crippen LogP contribution is -2.12. The highest BCUT2D eigenvalue weighted by atomic mass is 32.2. The number of nitrogen functional groups attached to an aromatic ring is 1. The molecule has 0 atom stereocenters. The molecule has 3 N–H and O–H groups in total. The van der Waals surface area contributed by atoms with Crippen molar-refractivity contribution in [3.8, 4) is 6.01 Å². The summed E-state index contributed by atoms with van der Waals surface area (Å²) >= 11 is 1.42. The van der Waals surface area contributed by atoms with Gasteiger partial charge in [0.05, 0.1) is 7.11 Å². The molecule has 0 bridgehead atoms. The molecule has 0 spiro atoms. The van der Waals surface area contributed by atoms with Gasteiger partial charge in [-0.2, -0.15) is 15.0 Å². The number of nitrogens with one attached hydrogen (secondary N) is 1. The van der Waals surface area contributed by atoms with Gasteiger partial charge >= 0.3 is 6.01 Å². The zero-order valence-electron chi connectivity index (χ0n) is 11.3. The van der Waals surface area contributed by atoms with Crippen molar-refractivity contribution in [3.63, 3.8) is 0 Å². The van der Waals surface area contributed by atoms with Gasteiger partial charge in [0, 0.05) is 4.90 Å². The number of hydrogen-bond donors (Lipinski definition) is 2. The number of hydrazine groups is 1. The fraction of sp³-hybridized carbons (Fsp3) is 0.0714. The Morgan fingerprint density at radius 1 is 1.05 bits per heavy atom. The van der Waals surface area contributed by atoms with Gasteiger partial charge in [-0.25, -0.2) is 5.84 Å². The van der Waals surface area contributed by atoms with Crippen LogP contribution < -0.4 is 16.0 Å². The molecular formula is C14H13N5OS. The number of nitrogens with two attached hydrogens (primary N) is 1. The van der Waals surface area contributed by atoms with Crippen LogP contribution in [0.25, 0.3) is 10.8 Å². The minimum absolute atomic E-state index is 0.223. The minimum Gasteiger partial charge on any atom is -0.467 e. The average molecular weight is 299 g/mol. The van der Waals surface area contributed by atoms with Crippen molar-refractivity contribution in [1.29, 1.82) is 0 Å². The van der Waals surface area contributed by atoms with Crippen molar-refractivity contribution in [3.05, 3.63) is 42.5 Å². The van der Waals surface area contributed by atoms with E-state index in [1.807, 2.05) is 18.2 Å². The summed E-state index contributed by atoms with van der Waals surface area (Å²) < 4.78 is 5.03. The fourth-order valence-electron chi connectivity index (χ4n) is 1.88. The van der Waals surface area contributed by atoms with Crippen LogP contribution in [-0.4, -0.2) is 22.1 Å². The predicted octanol–water partition coefficient (Wildman–Crippen LogP) is 2.47. The summed E-state index contributed by atoms with van der Waals surface area (Å²) in [5, 5.41) is 2.88. The second-order valence-electron chi connectivity index (χ2n) is 4.18. The maximum absolute atomic E-state index is 5.34. The third-order valence-electron chi connectivity index (χ3n) is 2.84. The summed E-state index contributed by atoms with van der Waals surface area (Å²) in [6, 6.07) is 14.6. The highest BCUT2D eigenvalue weighted by Gasteiger charge is 2.08. The second-order valence-corrected chi connectivity index (χ2v) is 5.22. The number of fused-ring (bicyclic) bond motifs is 1. The summed E-state index contributed by atoms with van der Waals surface area (Å²) in [4.78, 5) is 13.4. The molecule has 106 valence electrons. The van der Waals surface area contributed by atoms with Crippen molar-refractivity contribution in [2.24, 2.45) is 5.84 Å². The van der Waals surface area contributed by atoms with E-state index in [4.69, 9.17) is 10.6 Å². The van der Waals surface area contributed by atoms with E-state index in [1.165, 1.54) is 29.6 Å². The molecule has 0 radical (unpaired) electrons. The largest absolute Gasteiger partial charge is 0.467 e. The molecule has 0 saturated heterocycles. The molecule has 2 aromatic carbocycles. The topological polar surface area (TPSA) is 86.0 Å². The molecule has 0 aliphatic rings. The molecule has 1 heterocycles. The Morgan fingerprint density at radius 3 is 2.62 bits per heavy atom. The number of ether oxygens (including phenoxy) is 1. The Morgan fingerprint density at radius 2 is 1.86 bits per heavy atom. The van der Waals surface area contributed by atoms with Crippen LogP contribution in [0.3, 0.4) is 0 Å². The van der Waals surface area contributed by atoms with E-state index < -0.39 is 0 Å². The van der Waals surface area contributed by atoms with Crippen molar-refractivity contribution >= 4 is 28.5 Å². The third-order valence-corrected chi connectivity index (χ3v) is 3.69. The molecular weight excluding hydrogens is 286 g/mol. The molecule has 0 aliphatic heterocycles. The van der Waals surface area contributed by atoms with Gasteiger partial charge in [0.2, 0.25) is 11.1 Å². The van der Waals surface area contributed by atoms with E-state index in [0.29, 0.717) is 5.16 Å². The summed E-state index contributed by atoms with van der Waals surface area (Å²) in [5.41, 5.74) is 2.40. The first-order valence-corrected chi connectivity index (χ1v) is 7.03. The monoisotopic (exact) mass is 299 g/mol. The third kappa shape index (κ3) is 3.04. The van der Waals surface area contributed by atoms with Crippen molar-refractivity contribution in [2.45, 2.75) is 10.1 Å². The molecule has 6 nitrogen and oxygen atoms in total. The van der Waals surface area contributed by atoms with Crippen LogP contribution in [0.4, 0.5) is 5.95 Å². The normalized spacial score (nSPS) is 10.6. The minimum atomic E-state index is 0.223. The zero-order chi connectivity index (χ0) is 14.7. The van der Waals surface area contributed by atoms with E-state index in [0.717, 1.165) is 4.90 Å². The Kier molecular flexibility index (Phi) is 3.85. The van der Waals surface area contributed by atoms with Crippen LogP contribution in [0.15, 0.2) is 52.5 Å². The van der Waals surface area contributed by atoms with E-state index >= 15 is 0 Å². The number of rotatable bonds is 4. The first-order valence-electron chi connectivity index (χ1n) is 6.22. The summed E-state index contributed by atoms with van der Waals surface area (Å²) in [7, 11) is 1.50. The highest BCUT2D eigenvalue weighted by molar-refractivity contribution is 7.99. The maximum atomic E-state index is 5.34. The first-order chi connectivity index (χ1) is 10.3. The van der Waals surface area contributed by atoms with Gasteiger partial charge in [-0.1, -0.05) is 30.3 Å². The van der Waals surface area contributed by atoms with Crippen LogP contribution in [0.5, 0.6) is 6.01 Å². The van der Waals surface area contributed by atoms with Gasteiger partial charge in [0.25, 0.3) is 0 Å². The SMILES string of the molecule is COc1nc(NN)nc(Sc2ccc3ccccc3c2)n1. The molecule has 21 heavy (non-hydrogen) atoms. The molecule has 1 aromatic heterocycles. The predicted molar refractivity (Wildman–Crippen MR) is 82.3 cm³/mol. The number of nitrogens with zero attached hydrogens (tertiary/aromatic N) is 3. The Balaban J connectivity index is 1.94. The smallest absolute Gasteiger partial charge is 0.322 e. The van der Waals surface area contributed by atoms with Gasteiger partial charge < -0.3 is 4.74 Å². The van der Waals surface area contributed by atoms with E-state index in [2.05, 4.69) is 44.6 Å². The first kappa shape index (κ1) is 13.6. The van der Waals surface area contributed by atoms with Gasteiger partial charge in [0.15, 0.2) is 0 Å². The van der Waals surface area contributed by atoms with Crippen molar-refractivity contribution < 1.29 is 4.74 Å². The number of methoxy groups -OCH3 is 1. The quantitative estimate of drug-likeness (QED) is 0.565. The second kappa shape index (κ2) is 5.94. The number of aromatic nitrogens is 3. The van der Waals surface area contributed by atoms with Crippen LogP contribution in [0, 0.1) is 0 Å². The molecule has 0 saturated carbocycles. The van der Waals surface area contributed by atoms with Crippen LogP contribution >= 0.6 is 11.8 Å². The molecule has 7 heteroatoms. The van der Waals surface area contributed by atoms with Crippen LogP contribution in [-0.2, 0) is 0 Å². The van der Waals surface area contributed by atoms with Crippen molar-refractivity contribution in [1.82, 2.24) is 15.0 Å². The fourth-order valence-corrected chi connectivity index (χ4v) is 2.66. The summed E-state index contributed by atoms with van der Waals surface area (Å²) in [6.07, 6.45) is 0. The van der Waals surface area contributed by atoms with Crippen molar-refractivity contribution in [2.75, 3.05) is 12.5 Å². The summed E-state index contributed by atoms with van der Waals surface area (Å²) in [5.74, 6) is 5.61. The number of anilines is 1. The zero-order valence-corrected chi connectivity index (χ0v) is 12.1. The van der Waals surface area contributed by atoms with Gasteiger partial charge in [-0.3, -0.25) is 5.43 Å². The molecule has 0 fully saturated rings.